The summed E-state index contributed by atoms with van der Waals surface area (Å²) in [6.45, 7) is 0. The molecule has 0 aliphatic heterocycles. The Morgan fingerprint density at radius 1 is 1.14 bits per heavy atom. The van der Waals surface area contributed by atoms with Gasteiger partial charge in [0.25, 0.3) is 5.91 Å². The monoisotopic (exact) mass is 295 g/mol. The molecule has 5 nitrogen and oxygen atoms in total. The summed E-state index contributed by atoms with van der Waals surface area (Å²) >= 11 is 0. The average Bonchev–Trinajstić information content (AvgIpc) is 2.55. The van der Waals surface area contributed by atoms with Crippen LogP contribution in [0.1, 0.15) is 22.5 Å². The van der Waals surface area contributed by atoms with Crippen molar-refractivity contribution in [1.29, 1.82) is 0 Å². The second-order valence-electron chi connectivity index (χ2n) is 4.69. The first-order valence-corrected chi connectivity index (χ1v) is 6.89. The van der Waals surface area contributed by atoms with Crippen molar-refractivity contribution in [3.63, 3.8) is 0 Å². The van der Waals surface area contributed by atoms with E-state index >= 15 is 0 Å². The largest absolute Gasteiger partial charge is 0.368 e. The average molecular weight is 295 g/mol. The van der Waals surface area contributed by atoms with Crippen molar-refractivity contribution < 1.29 is 9.59 Å². The maximum Gasteiger partial charge on any atom is 0.270 e. The van der Waals surface area contributed by atoms with Gasteiger partial charge in [0, 0.05) is 6.20 Å². The second-order valence-corrected chi connectivity index (χ2v) is 4.69. The highest BCUT2D eigenvalue weighted by Gasteiger charge is 2.17. The molecule has 1 aromatic heterocycles. The van der Waals surface area contributed by atoms with Crippen LogP contribution in [0, 0.1) is 0 Å². The molecule has 0 aliphatic rings. The molecule has 0 spiro atoms. The van der Waals surface area contributed by atoms with Crippen LogP contribution in [-0.4, -0.2) is 22.8 Å². The van der Waals surface area contributed by atoms with Crippen LogP contribution < -0.4 is 11.1 Å². The zero-order valence-electron chi connectivity index (χ0n) is 12.0. The summed E-state index contributed by atoms with van der Waals surface area (Å²) in [7, 11) is 0. The van der Waals surface area contributed by atoms with Crippen molar-refractivity contribution >= 4 is 17.9 Å². The van der Waals surface area contributed by atoms with Gasteiger partial charge in [-0.3, -0.25) is 14.6 Å². The van der Waals surface area contributed by atoms with E-state index in [4.69, 9.17) is 5.73 Å². The highest BCUT2D eigenvalue weighted by Crippen LogP contribution is 2.04. The molecule has 2 amide bonds. The van der Waals surface area contributed by atoms with Gasteiger partial charge in [0.15, 0.2) is 0 Å². The third-order valence-electron chi connectivity index (χ3n) is 3.03. The van der Waals surface area contributed by atoms with Crippen molar-refractivity contribution in [3.05, 3.63) is 72.1 Å². The van der Waals surface area contributed by atoms with Crippen LogP contribution in [0.15, 0.2) is 60.8 Å². The molecule has 0 bridgehead atoms. The number of hydrogen-bond acceptors (Lipinski definition) is 3. The lowest BCUT2D eigenvalue weighted by molar-refractivity contribution is -0.119. The highest BCUT2D eigenvalue weighted by molar-refractivity contribution is 5.95. The van der Waals surface area contributed by atoms with Gasteiger partial charge in [-0.1, -0.05) is 48.6 Å². The number of amides is 2. The molecule has 0 aliphatic carbocycles. The number of nitrogens with one attached hydrogen (secondary N) is 1. The molecule has 0 saturated carbocycles. The zero-order valence-corrected chi connectivity index (χ0v) is 12.0. The lowest BCUT2D eigenvalue weighted by atomic mass is 10.1. The van der Waals surface area contributed by atoms with Crippen LogP contribution in [-0.2, 0) is 4.79 Å². The van der Waals surface area contributed by atoms with E-state index in [1.54, 1.807) is 18.2 Å². The van der Waals surface area contributed by atoms with E-state index in [1.807, 2.05) is 42.5 Å². The van der Waals surface area contributed by atoms with Crippen LogP contribution in [0.3, 0.4) is 0 Å². The number of pyridine rings is 1. The molecule has 2 aromatic rings. The van der Waals surface area contributed by atoms with Crippen molar-refractivity contribution in [1.82, 2.24) is 10.3 Å². The molecule has 1 atom stereocenters. The number of carbonyl (C=O) groups is 2. The number of nitrogens with zero attached hydrogens (tertiary/aromatic N) is 1. The maximum absolute atomic E-state index is 12.0. The lowest BCUT2D eigenvalue weighted by Crippen LogP contribution is -2.44. The van der Waals surface area contributed by atoms with E-state index in [1.165, 1.54) is 6.20 Å². The molecule has 0 fully saturated rings. The van der Waals surface area contributed by atoms with E-state index in [0.29, 0.717) is 6.42 Å². The number of benzene rings is 1. The third-order valence-corrected chi connectivity index (χ3v) is 3.03. The van der Waals surface area contributed by atoms with Crippen molar-refractivity contribution in [2.75, 3.05) is 0 Å². The van der Waals surface area contributed by atoms with E-state index in [2.05, 4.69) is 10.3 Å². The minimum atomic E-state index is -0.769. The van der Waals surface area contributed by atoms with Gasteiger partial charge in [-0.25, -0.2) is 0 Å². The molecule has 3 N–H and O–H groups in total. The summed E-state index contributed by atoms with van der Waals surface area (Å²) in [5.74, 6) is -1.00. The van der Waals surface area contributed by atoms with Gasteiger partial charge in [0.1, 0.15) is 11.7 Å². The SMILES string of the molecule is NC(=O)[C@@H](C/C=C/c1ccccc1)NC(=O)c1ccccn1. The molecule has 0 unspecified atom stereocenters. The Balaban J connectivity index is 1.97. The van der Waals surface area contributed by atoms with Gasteiger partial charge >= 0.3 is 0 Å². The second kappa shape index (κ2) is 7.73. The van der Waals surface area contributed by atoms with Crippen LogP contribution >= 0.6 is 0 Å². The predicted molar refractivity (Wildman–Crippen MR) is 84.8 cm³/mol. The number of rotatable bonds is 6. The standard InChI is InChI=1S/C17H17N3O2/c18-16(21)14(11-6-9-13-7-2-1-3-8-13)20-17(22)15-10-4-5-12-19-15/h1-10,12,14H,11H2,(H2,18,21)(H,20,22)/b9-6+/t14-/m1/s1. The van der Waals surface area contributed by atoms with Crippen molar-refractivity contribution in [2.45, 2.75) is 12.5 Å². The molecule has 1 heterocycles. The Morgan fingerprint density at radius 3 is 2.50 bits per heavy atom. The first-order valence-electron chi connectivity index (χ1n) is 6.89. The van der Waals surface area contributed by atoms with Crippen LogP contribution in [0.25, 0.3) is 6.08 Å². The normalized spacial score (nSPS) is 12.0. The Kier molecular flexibility index (Phi) is 5.43. The van der Waals surface area contributed by atoms with Gasteiger partial charge < -0.3 is 11.1 Å². The molecule has 112 valence electrons. The Morgan fingerprint density at radius 2 is 1.86 bits per heavy atom. The highest BCUT2D eigenvalue weighted by atomic mass is 16.2. The predicted octanol–water partition coefficient (Wildman–Crippen LogP) is 1.77. The van der Waals surface area contributed by atoms with Gasteiger partial charge in [-0.2, -0.15) is 0 Å². The Bertz CT molecular complexity index is 654. The molecular formula is C17H17N3O2. The minimum Gasteiger partial charge on any atom is -0.368 e. The summed E-state index contributed by atoms with van der Waals surface area (Å²) in [6.07, 6.45) is 5.53. The van der Waals surface area contributed by atoms with Crippen molar-refractivity contribution in [2.24, 2.45) is 5.73 Å². The fraction of sp³-hybridized carbons (Fsp3) is 0.118. The first-order chi connectivity index (χ1) is 10.7. The summed E-state index contributed by atoms with van der Waals surface area (Å²) in [5.41, 5.74) is 6.60. The van der Waals surface area contributed by atoms with E-state index < -0.39 is 17.9 Å². The molecule has 2 rings (SSSR count). The van der Waals surface area contributed by atoms with E-state index in [9.17, 15) is 9.59 Å². The number of hydrogen-bond donors (Lipinski definition) is 2. The molecular weight excluding hydrogens is 278 g/mol. The molecule has 1 aromatic carbocycles. The van der Waals surface area contributed by atoms with Crippen LogP contribution in [0.4, 0.5) is 0 Å². The summed E-state index contributed by atoms with van der Waals surface area (Å²) < 4.78 is 0. The Labute approximate surface area is 128 Å². The summed E-state index contributed by atoms with van der Waals surface area (Å²) in [4.78, 5) is 27.4. The van der Waals surface area contributed by atoms with Crippen molar-refractivity contribution in [3.8, 4) is 0 Å². The molecule has 22 heavy (non-hydrogen) atoms. The Hall–Kier alpha value is -2.95. The fourth-order valence-electron chi connectivity index (χ4n) is 1.88. The molecule has 0 radical (unpaired) electrons. The number of carbonyl (C=O) groups excluding carboxylic acids is 2. The number of nitrogens with two attached hydrogens (primary N) is 1. The fourth-order valence-corrected chi connectivity index (χ4v) is 1.88. The zero-order chi connectivity index (χ0) is 15.8. The smallest absolute Gasteiger partial charge is 0.270 e. The number of aromatic nitrogens is 1. The van der Waals surface area contributed by atoms with Gasteiger partial charge in [0.05, 0.1) is 0 Å². The topological polar surface area (TPSA) is 85.1 Å². The van der Waals surface area contributed by atoms with E-state index in [-0.39, 0.29) is 5.69 Å². The van der Waals surface area contributed by atoms with Gasteiger partial charge in [0.2, 0.25) is 5.91 Å². The summed E-state index contributed by atoms with van der Waals surface area (Å²) in [6, 6.07) is 13.9. The van der Waals surface area contributed by atoms with Gasteiger partial charge in [-0.05, 0) is 24.1 Å². The third kappa shape index (κ3) is 4.56. The molecule has 5 heteroatoms. The van der Waals surface area contributed by atoms with E-state index in [0.717, 1.165) is 5.56 Å². The summed E-state index contributed by atoms with van der Waals surface area (Å²) in [5, 5.41) is 2.59. The minimum absolute atomic E-state index is 0.251. The lowest BCUT2D eigenvalue weighted by Gasteiger charge is -2.13. The van der Waals surface area contributed by atoms with Crippen LogP contribution in [0.2, 0.25) is 0 Å². The maximum atomic E-state index is 12.0. The van der Waals surface area contributed by atoms with Crippen LogP contribution in [0.5, 0.6) is 0 Å². The first kappa shape index (κ1) is 15.4. The molecule has 0 saturated heterocycles. The quantitative estimate of drug-likeness (QED) is 0.851. The van der Waals surface area contributed by atoms with Gasteiger partial charge in [-0.15, -0.1) is 0 Å². The number of primary amides is 1.